The normalized spacial score (nSPS) is 17.5. The number of carboxylic acid groups (broad SMARTS) is 2. The molecule has 1 saturated heterocycles. The lowest BCUT2D eigenvalue weighted by Crippen LogP contribution is -2.62. The van der Waals surface area contributed by atoms with E-state index in [0.29, 0.717) is 32.4 Å². The Hall–Kier alpha value is -5.99. The number of carbonyl (C=O) groups is 11. The highest BCUT2D eigenvalue weighted by molar-refractivity contribution is 5.99. The van der Waals surface area contributed by atoms with Crippen LogP contribution in [0.25, 0.3) is 0 Å². The molecule has 0 saturated carbocycles. The molecule has 1 aliphatic heterocycles. The number of carboxylic acids is 2. The van der Waals surface area contributed by atoms with E-state index >= 15 is 0 Å². The summed E-state index contributed by atoms with van der Waals surface area (Å²) < 4.78 is 0. The van der Waals surface area contributed by atoms with E-state index in [0.717, 1.165) is 13.3 Å². The van der Waals surface area contributed by atoms with Crippen LogP contribution in [0.2, 0.25) is 0 Å². The Balaban J connectivity index is 3.30. The van der Waals surface area contributed by atoms with Crippen molar-refractivity contribution in [3.05, 3.63) is 0 Å². The van der Waals surface area contributed by atoms with Gasteiger partial charge in [-0.3, -0.25) is 47.9 Å². The van der Waals surface area contributed by atoms with Gasteiger partial charge in [-0.15, -0.1) is 0 Å². The van der Waals surface area contributed by atoms with Crippen LogP contribution in [0.5, 0.6) is 0 Å². The standard InChI is InChI=1S/C42H73N11O15/c1-19(2)30(39(64)51-31(20(3)4)40(65)52-32(21(5)6)41(66)53-33(22(7)55)42(67)68)50-37(62)26(17-28(44)56)48-36(61)25(13-14-29(57)58)47-38(63)27(18-54)49-35(60)24(11-8-9-15-43)46-34(59)23-12-10-16-45-23/h19-27,30-33,45,54-55H,8-18,43H2,1-7H3,(H2,44,56)(H,46,59)(H,47,63)(H,48,61)(H,49,60)(H,50,62)(H,51,64)(H,52,65)(H,53,66)(H,57,58)(H,67,68). The maximum atomic E-state index is 13.8. The number of hydrogen-bond acceptors (Lipinski definition) is 15. The molecular formula is C42H73N11O15. The van der Waals surface area contributed by atoms with Gasteiger partial charge in [-0.05, 0) is 76.3 Å². The molecule has 1 fully saturated rings. The fourth-order valence-electron chi connectivity index (χ4n) is 6.88. The maximum absolute atomic E-state index is 13.8. The minimum atomic E-state index is -1.83. The summed E-state index contributed by atoms with van der Waals surface area (Å²) in [6.45, 7) is 10.4. The molecule has 0 aromatic rings. The first-order chi connectivity index (χ1) is 31.7. The van der Waals surface area contributed by atoms with E-state index < -0.39 is 169 Å². The summed E-state index contributed by atoms with van der Waals surface area (Å²) in [6, 6.07) is -12.8. The Bertz CT molecular complexity index is 1770. The van der Waals surface area contributed by atoms with Crippen molar-refractivity contribution in [2.75, 3.05) is 19.7 Å². The van der Waals surface area contributed by atoms with Gasteiger partial charge < -0.3 is 79.7 Å². The summed E-state index contributed by atoms with van der Waals surface area (Å²) >= 11 is 0. The van der Waals surface area contributed by atoms with E-state index in [-0.39, 0.29) is 6.42 Å². The Morgan fingerprint density at radius 1 is 0.574 bits per heavy atom. The highest BCUT2D eigenvalue weighted by Crippen LogP contribution is 2.12. The summed E-state index contributed by atoms with van der Waals surface area (Å²) in [5.41, 5.74) is 11.0. The van der Waals surface area contributed by atoms with Gasteiger partial charge in [0.25, 0.3) is 0 Å². The first kappa shape index (κ1) is 60.0. The van der Waals surface area contributed by atoms with Crippen LogP contribution >= 0.6 is 0 Å². The molecule has 9 amide bonds. The summed E-state index contributed by atoms with van der Waals surface area (Å²) in [7, 11) is 0. The van der Waals surface area contributed by atoms with Gasteiger partial charge in [-0.25, -0.2) is 4.79 Å². The van der Waals surface area contributed by atoms with Gasteiger partial charge in [0.15, 0.2) is 6.04 Å². The molecule has 1 aliphatic rings. The van der Waals surface area contributed by atoms with Crippen LogP contribution in [0, 0.1) is 17.8 Å². The first-order valence-corrected chi connectivity index (χ1v) is 22.6. The third-order valence-corrected chi connectivity index (χ3v) is 10.9. The van der Waals surface area contributed by atoms with Gasteiger partial charge in [-0.1, -0.05) is 41.5 Å². The minimum Gasteiger partial charge on any atom is -0.481 e. The average molecular weight is 972 g/mol. The van der Waals surface area contributed by atoms with Gasteiger partial charge in [0.05, 0.1) is 25.2 Å². The molecule has 1 heterocycles. The quantitative estimate of drug-likeness (QED) is 0.0289. The van der Waals surface area contributed by atoms with E-state index in [1.54, 1.807) is 27.7 Å². The van der Waals surface area contributed by atoms with E-state index in [1.807, 2.05) is 0 Å². The van der Waals surface area contributed by atoms with Crippen LogP contribution in [0.3, 0.4) is 0 Å². The van der Waals surface area contributed by atoms with E-state index in [9.17, 15) is 73.2 Å². The highest BCUT2D eigenvalue weighted by Gasteiger charge is 2.38. The molecular weight excluding hydrogens is 899 g/mol. The number of rotatable bonds is 31. The topological polar surface area (TPSA) is 429 Å². The molecule has 26 heteroatoms. The zero-order valence-electron chi connectivity index (χ0n) is 39.7. The van der Waals surface area contributed by atoms with Crippen LogP contribution in [-0.4, -0.2) is 166 Å². The van der Waals surface area contributed by atoms with Gasteiger partial charge >= 0.3 is 11.9 Å². The van der Waals surface area contributed by atoms with Crippen molar-refractivity contribution >= 4 is 65.1 Å². The molecule has 26 nitrogen and oxygen atoms in total. The summed E-state index contributed by atoms with van der Waals surface area (Å²) in [4.78, 5) is 143. The molecule has 386 valence electrons. The number of nitrogens with one attached hydrogen (secondary N) is 9. The number of aliphatic hydroxyl groups excluding tert-OH is 2. The molecule has 0 radical (unpaired) electrons. The fraction of sp³-hybridized carbons (Fsp3) is 0.738. The van der Waals surface area contributed by atoms with Crippen molar-refractivity contribution in [3.8, 4) is 0 Å². The summed E-state index contributed by atoms with van der Waals surface area (Å²) in [6.07, 6.45) is -1.30. The van der Waals surface area contributed by atoms with Gasteiger partial charge in [0.2, 0.25) is 53.2 Å². The maximum Gasteiger partial charge on any atom is 0.328 e. The number of aliphatic hydroxyl groups is 2. The molecule has 0 aromatic carbocycles. The second-order valence-corrected chi connectivity index (χ2v) is 17.7. The van der Waals surface area contributed by atoms with Crippen LogP contribution in [0.1, 0.15) is 99.8 Å². The van der Waals surface area contributed by atoms with Crippen LogP contribution in [0.4, 0.5) is 0 Å². The van der Waals surface area contributed by atoms with Crippen molar-refractivity contribution in [2.24, 2.45) is 29.2 Å². The minimum absolute atomic E-state index is 0.129. The molecule has 17 N–H and O–H groups in total. The smallest absolute Gasteiger partial charge is 0.328 e. The molecule has 0 aromatic heterocycles. The number of amides is 9. The Kier molecular flexibility index (Phi) is 26.2. The van der Waals surface area contributed by atoms with Crippen molar-refractivity contribution in [3.63, 3.8) is 0 Å². The van der Waals surface area contributed by atoms with Gasteiger partial charge in [0, 0.05) is 6.42 Å². The van der Waals surface area contributed by atoms with Gasteiger partial charge in [-0.2, -0.15) is 0 Å². The van der Waals surface area contributed by atoms with Crippen molar-refractivity contribution in [2.45, 2.75) is 160 Å². The second-order valence-electron chi connectivity index (χ2n) is 17.7. The predicted octanol–water partition coefficient (Wildman–Crippen LogP) is -5.09. The molecule has 10 atom stereocenters. The SMILES string of the molecule is CC(C)C(NC(=O)C(CC(N)=O)NC(=O)C(CCC(=O)O)NC(=O)C(CO)NC(=O)C(CCCCN)NC(=O)C1CCCN1)C(=O)NC(C(=O)NC(C(=O)NC(C(=O)O)C(C)O)C(C)C)C(C)C. The lowest BCUT2D eigenvalue weighted by Gasteiger charge is -2.30. The lowest BCUT2D eigenvalue weighted by atomic mass is 9.97. The number of nitrogens with two attached hydrogens (primary N) is 2. The molecule has 0 aliphatic carbocycles. The summed E-state index contributed by atoms with van der Waals surface area (Å²) in [5, 5.41) is 60.9. The average Bonchev–Trinajstić information content (AvgIpc) is 3.80. The molecule has 68 heavy (non-hydrogen) atoms. The first-order valence-electron chi connectivity index (χ1n) is 22.6. The highest BCUT2D eigenvalue weighted by atomic mass is 16.4. The van der Waals surface area contributed by atoms with E-state index in [4.69, 9.17) is 11.5 Å². The van der Waals surface area contributed by atoms with Crippen molar-refractivity contribution in [1.29, 1.82) is 0 Å². The lowest BCUT2D eigenvalue weighted by molar-refractivity contribution is -0.145. The van der Waals surface area contributed by atoms with Crippen LogP contribution in [0.15, 0.2) is 0 Å². The van der Waals surface area contributed by atoms with E-state index in [2.05, 4.69) is 47.9 Å². The zero-order valence-corrected chi connectivity index (χ0v) is 39.7. The molecule has 10 unspecified atom stereocenters. The number of carbonyl (C=O) groups excluding carboxylic acids is 9. The zero-order chi connectivity index (χ0) is 52.0. The Labute approximate surface area is 394 Å². The number of unbranched alkanes of at least 4 members (excludes halogenated alkanes) is 1. The summed E-state index contributed by atoms with van der Waals surface area (Å²) in [5.74, 6) is -13.5. The second kappa shape index (κ2) is 29.7. The monoisotopic (exact) mass is 972 g/mol. The van der Waals surface area contributed by atoms with Crippen LogP contribution < -0.4 is 59.3 Å². The molecule has 1 rings (SSSR count). The third-order valence-electron chi connectivity index (χ3n) is 10.9. The number of hydrogen-bond donors (Lipinski definition) is 15. The van der Waals surface area contributed by atoms with Crippen molar-refractivity contribution < 1.29 is 73.2 Å². The number of primary amides is 1. The van der Waals surface area contributed by atoms with Gasteiger partial charge in [0.1, 0.15) is 42.3 Å². The Morgan fingerprint density at radius 2 is 1.00 bits per heavy atom. The molecule has 0 spiro atoms. The van der Waals surface area contributed by atoms with E-state index in [1.165, 1.54) is 13.8 Å². The predicted molar refractivity (Wildman–Crippen MR) is 241 cm³/mol. The van der Waals surface area contributed by atoms with Crippen LogP contribution in [-0.2, 0) is 52.7 Å². The Morgan fingerprint density at radius 3 is 1.40 bits per heavy atom. The largest absolute Gasteiger partial charge is 0.481 e. The third kappa shape index (κ3) is 20.5. The number of aliphatic carboxylic acids is 2. The van der Waals surface area contributed by atoms with Crippen molar-refractivity contribution in [1.82, 2.24) is 47.9 Å². The molecule has 0 bridgehead atoms. The fourth-order valence-corrected chi connectivity index (χ4v) is 6.88.